The molecule has 100 valence electrons. The summed E-state index contributed by atoms with van der Waals surface area (Å²) in [7, 11) is 1.79. The van der Waals surface area contributed by atoms with E-state index in [2.05, 4.69) is 27.1 Å². The van der Waals surface area contributed by atoms with Gasteiger partial charge in [0.1, 0.15) is 5.82 Å². The lowest BCUT2D eigenvalue weighted by atomic mass is 10.1. The fraction of sp³-hybridized carbons (Fsp3) is 0.692. The zero-order valence-corrected chi connectivity index (χ0v) is 11.2. The molecule has 1 aromatic rings. The molecule has 1 fully saturated rings. The second kappa shape index (κ2) is 6.66. The van der Waals surface area contributed by atoms with Crippen molar-refractivity contribution in [2.24, 2.45) is 0 Å². The van der Waals surface area contributed by atoms with Gasteiger partial charge in [-0.25, -0.2) is 4.98 Å². The van der Waals surface area contributed by atoms with Crippen molar-refractivity contribution in [3.63, 3.8) is 0 Å². The summed E-state index contributed by atoms with van der Waals surface area (Å²) in [5.41, 5.74) is 0.993. The molecule has 0 atom stereocenters. The van der Waals surface area contributed by atoms with Crippen LogP contribution in [0, 0.1) is 0 Å². The molecule has 0 aliphatic carbocycles. The molecule has 0 aromatic carbocycles. The molecular formula is C13H22N4O. The lowest BCUT2D eigenvalue weighted by Crippen LogP contribution is -2.37. The van der Waals surface area contributed by atoms with Gasteiger partial charge < -0.3 is 15.0 Å². The maximum absolute atomic E-state index is 5.37. The Hall–Kier alpha value is -1.20. The molecule has 5 nitrogen and oxygen atoms in total. The molecule has 0 spiro atoms. The van der Waals surface area contributed by atoms with E-state index in [4.69, 9.17) is 4.74 Å². The molecule has 1 saturated heterocycles. The molecule has 1 aliphatic heterocycles. The van der Waals surface area contributed by atoms with Gasteiger partial charge in [-0.1, -0.05) is 6.92 Å². The van der Waals surface area contributed by atoms with Crippen LogP contribution in [0.3, 0.4) is 0 Å². The number of methoxy groups -OCH3 is 1. The summed E-state index contributed by atoms with van der Waals surface area (Å²) < 4.78 is 5.37. The third kappa shape index (κ3) is 3.40. The maximum Gasteiger partial charge on any atom is 0.147 e. The van der Waals surface area contributed by atoms with Crippen LogP contribution in [0.25, 0.3) is 0 Å². The van der Waals surface area contributed by atoms with E-state index in [1.807, 2.05) is 12.4 Å². The number of anilines is 1. The van der Waals surface area contributed by atoms with Crippen molar-refractivity contribution >= 4 is 5.82 Å². The molecule has 1 aromatic heterocycles. The fourth-order valence-electron chi connectivity index (χ4n) is 2.18. The van der Waals surface area contributed by atoms with E-state index in [9.17, 15) is 0 Å². The second-order valence-electron chi connectivity index (χ2n) is 4.57. The Morgan fingerprint density at radius 2 is 2.11 bits per heavy atom. The van der Waals surface area contributed by atoms with Crippen molar-refractivity contribution in [1.82, 2.24) is 15.3 Å². The summed E-state index contributed by atoms with van der Waals surface area (Å²) in [6.07, 6.45) is 6.27. The Balaban J connectivity index is 1.89. The van der Waals surface area contributed by atoms with Crippen molar-refractivity contribution in [1.29, 1.82) is 0 Å². The molecule has 5 heteroatoms. The van der Waals surface area contributed by atoms with E-state index < -0.39 is 0 Å². The Morgan fingerprint density at radius 1 is 1.33 bits per heavy atom. The van der Waals surface area contributed by atoms with Crippen molar-refractivity contribution in [2.75, 3.05) is 31.6 Å². The quantitative estimate of drug-likeness (QED) is 0.851. The number of ether oxygens (including phenoxy) is 1. The smallest absolute Gasteiger partial charge is 0.147 e. The zero-order valence-electron chi connectivity index (χ0n) is 11.2. The van der Waals surface area contributed by atoms with Crippen LogP contribution in [0.1, 0.15) is 25.5 Å². The number of hydrogen-bond donors (Lipinski definition) is 1. The summed E-state index contributed by atoms with van der Waals surface area (Å²) in [6.45, 7) is 5.82. The Bertz CT molecular complexity index is 347. The lowest BCUT2D eigenvalue weighted by Gasteiger charge is -2.31. The van der Waals surface area contributed by atoms with Crippen molar-refractivity contribution < 1.29 is 4.74 Å². The molecule has 0 bridgehead atoms. The molecule has 0 radical (unpaired) electrons. The molecular weight excluding hydrogens is 228 g/mol. The van der Waals surface area contributed by atoms with Gasteiger partial charge in [0, 0.05) is 26.7 Å². The summed E-state index contributed by atoms with van der Waals surface area (Å²) >= 11 is 0. The largest absolute Gasteiger partial charge is 0.381 e. The van der Waals surface area contributed by atoms with Crippen LogP contribution >= 0.6 is 0 Å². The number of piperidine rings is 1. The highest BCUT2D eigenvalue weighted by Crippen LogP contribution is 2.18. The first-order valence-corrected chi connectivity index (χ1v) is 6.63. The molecule has 0 amide bonds. The van der Waals surface area contributed by atoms with Crippen molar-refractivity contribution in [3.05, 3.63) is 18.1 Å². The SMILES string of the molecule is CCNCc1cnc(N2CCC(OC)CC2)cn1. The number of aromatic nitrogens is 2. The van der Waals surface area contributed by atoms with Gasteiger partial charge in [0.15, 0.2) is 0 Å². The van der Waals surface area contributed by atoms with E-state index in [0.717, 1.165) is 50.5 Å². The topological polar surface area (TPSA) is 50.3 Å². The molecule has 1 aliphatic rings. The van der Waals surface area contributed by atoms with Gasteiger partial charge in [-0.3, -0.25) is 4.98 Å². The van der Waals surface area contributed by atoms with Crippen LogP contribution in [0.15, 0.2) is 12.4 Å². The first kappa shape index (κ1) is 13.2. The molecule has 2 rings (SSSR count). The summed E-state index contributed by atoms with van der Waals surface area (Å²) in [5.74, 6) is 0.977. The highest BCUT2D eigenvalue weighted by Gasteiger charge is 2.19. The third-order valence-electron chi connectivity index (χ3n) is 3.35. The summed E-state index contributed by atoms with van der Waals surface area (Å²) in [5, 5.41) is 3.24. The van der Waals surface area contributed by atoms with E-state index in [-0.39, 0.29) is 0 Å². The summed E-state index contributed by atoms with van der Waals surface area (Å²) in [4.78, 5) is 11.2. The molecule has 0 unspecified atom stereocenters. The number of hydrogen-bond acceptors (Lipinski definition) is 5. The van der Waals surface area contributed by atoms with Crippen LogP contribution in [-0.4, -0.2) is 42.8 Å². The molecule has 18 heavy (non-hydrogen) atoms. The van der Waals surface area contributed by atoms with Crippen LogP contribution < -0.4 is 10.2 Å². The normalized spacial score (nSPS) is 17.1. The monoisotopic (exact) mass is 250 g/mol. The van der Waals surface area contributed by atoms with E-state index in [1.54, 1.807) is 7.11 Å². The van der Waals surface area contributed by atoms with Crippen molar-refractivity contribution in [3.8, 4) is 0 Å². The first-order chi connectivity index (χ1) is 8.83. The van der Waals surface area contributed by atoms with Gasteiger partial charge in [0.25, 0.3) is 0 Å². The molecule has 1 N–H and O–H groups in total. The predicted octanol–water partition coefficient (Wildman–Crippen LogP) is 1.20. The maximum atomic E-state index is 5.37. The highest BCUT2D eigenvalue weighted by molar-refractivity contribution is 5.36. The Morgan fingerprint density at radius 3 is 2.67 bits per heavy atom. The number of nitrogens with one attached hydrogen (secondary N) is 1. The zero-order chi connectivity index (χ0) is 12.8. The second-order valence-corrected chi connectivity index (χ2v) is 4.57. The average molecular weight is 250 g/mol. The van der Waals surface area contributed by atoms with Gasteiger partial charge in [-0.05, 0) is 19.4 Å². The lowest BCUT2D eigenvalue weighted by molar-refractivity contribution is 0.0818. The van der Waals surface area contributed by atoms with Crippen LogP contribution in [0.4, 0.5) is 5.82 Å². The molecule has 2 heterocycles. The minimum atomic E-state index is 0.405. The number of nitrogens with zero attached hydrogens (tertiary/aromatic N) is 3. The average Bonchev–Trinajstić information content (AvgIpc) is 2.46. The Labute approximate surface area is 109 Å². The van der Waals surface area contributed by atoms with Gasteiger partial charge in [0.05, 0.1) is 24.2 Å². The van der Waals surface area contributed by atoms with Crippen molar-refractivity contribution in [2.45, 2.75) is 32.4 Å². The van der Waals surface area contributed by atoms with Gasteiger partial charge in [-0.15, -0.1) is 0 Å². The van der Waals surface area contributed by atoms with Gasteiger partial charge in [-0.2, -0.15) is 0 Å². The van der Waals surface area contributed by atoms with Crippen LogP contribution in [0.5, 0.6) is 0 Å². The third-order valence-corrected chi connectivity index (χ3v) is 3.35. The Kier molecular flexibility index (Phi) is 4.90. The van der Waals surface area contributed by atoms with E-state index >= 15 is 0 Å². The number of rotatable bonds is 5. The predicted molar refractivity (Wildman–Crippen MR) is 71.7 cm³/mol. The van der Waals surface area contributed by atoms with Gasteiger partial charge >= 0.3 is 0 Å². The minimum absolute atomic E-state index is 0.405. The highest BCUT2D eigenvalue weighted by atomic mass is 16.5. The molecule has 0 saturated carbocycles. The van der Waals surface area contributed by atoms with Gasteiger partial charge in [0.2, 0.25) is 0 Å². The van der Waals surface area contributed by atoms with Crippen LogP contribution in [-0.2, 0) is 11.3 Å². The van der Waals surface area contributed by atoms with E-state index in [0.29, 0.717) is 6.10 Å². The van der Waals surface area contributed by atoms with Crippen LogP contribution in [0.2, 0.25) is 0 Å². The fourth-order valence-corrected chi connectivity index (χ4v) is 2.18. The summed E-state index contributed by atoms with van der Waals surface area (Å²) in [6, 6.07) is 0. The minimum Gasteiger partial charge on any atom is -0.381 e. The first-order valence-electron chi connectivity index (χ1n) is 6.63. The van der Waals surface area contributed by atoms with E-state index in [1.165, 1.54) is 0 Å². The standard InChI is InChI=1S/C13H22N4O/c1-3-14-8-11-9-16-13(10-15-11)17-6-4-12(18-2)5-7-17/h9-10,12,14H,3-8H2,1-2H3.